The molecule has 0 atom stereocenters. The van der Waals surface area contributed by atoms with Gasteiger partial charge in [-0.25, -0.2) is 0 Å². The van der Waals surface area contributed by atoms with Crippen molar-refractivity contribution in [2.45, 2.75) is 27.7 Å². The number of carbonyl (C=O) groups is 1. The second kappa shape index (κ2) is 8.29. The number of primary amides is 1. The number of amides is 1. The van der Waals surface area contributed by atoms with Crippen LogP contribution in [-0.4, -0.2) is 5.91 Å². The standard InChI is InChI=1S/C21H19NO.C2H6/c1-14-6-10-16(11-7-14)18-4-3-5-19(20(18)21(22)23)17-12-8-15(2)9-13-17;1-2/h3-13H,1-2H3,(H2,22,23);1-2H3. The SMILES string of the molecule is CC.Cc1ccc(-c2cccc(-c3ccc(C)cc3)c2C(N)=O)cc1. The number of benzene rings is 3. The molecule has 0 aliphatic rings. The summed E-state index contributed by atoms with van der Waals surface area (Å²) >= 11 is 0. The summed E-state index contributed by atoms with van der Waals surface area (Å²) in [6, 6.07) is 22.1. The molecule has 0 radical (unpaired) electrons. The predicted octanol–water partition coefficient (Wildman–Crippen LogP) is 5.76. The molecule has 25 heavy (non-hydrogen) atoms. The Balaban J connectivity index is 0.00000109. The Morgan fingerprint density at radius 1 is 0.680 bits per heavy atom. The van der Waals surface area contributed by atoms with E-state index in [1.807, 2.05) is 94.4 Å². The van der Waals surface area contributed by atoms with Gasteiger partial charge in [-0.3, -0.25) is 4.79 Å². The summed E-state index contributed by atoms with van der Waals surface area (Å²) in [4.78, 5) is 12.1. The van der Waals surface area contributed by atoms with Gasteiger partial charge in [-0.15, -0.1) is 0 Å². The fraction of sp³-hybridized carbons (Fsp3) is 0.174. The average molecular weight is 331 g/mol. The zero-order chi connectivity index (χ0) is 18.4. The number of hydrogen-bond acceptors (Lipinski definition) is 1. The summed E-state index contributed by atoms with van der Waals surface area (Å²) < 4.78 is 0. The maximum atomic E-state index is 12.1. The van der Waals surface area contributed by atoms with E-state index >= 15 is 0 Å². The first-order valence-corrected chi connectivity index (χ1v) is 8.63. The van der Waals surface area contributed by atoms with Crippen molar-refractivity contribution in [3.8, 4) is 22.3 Å². The van der Waals surface area contributed by atoms with Crippen LogP contribution in [0.3, 0.4) is 0 Å². The highest BCUT2D eigenvalue weighted by atomic mass is 16.1. The molecule has 0 spiro atoms. The zero-order valence-electron chi connectivity index (χ0n) is 15.3. The quantitative estimate of drug-likeness (QED) is 0.651. The molecule has 0 unspecified atom stereocenters. The first-order chi connectivity index (χ1) is 12.1. The van der Waals surface area contributed by atoms with Crippen LogP contribution >= 0.6 is 0 Å². The van der Waals surface area contributed by atoms with E-state index in [1.165, 1.54) is 11.1 Å². The van der Waals surface area contributed by atoms with E-state index in [2.05, 4.69) is 0 Å². The second-order valence-electron chi connectivity index (χ2n) is 5.82. The third-order valence-corrected chi connectivity index (χ3v) is 4.04. The molecule has 0 aliphatic carbocycles. The van der Waals surface area contributed by atoms with Gasteiger partial charge >= 0.3 is 0 Å². The Morgan fingerprint density at radius 3 is 1.36 bits per heavy atom. The topological polar surface area (TPSA) is 43.1 Å². The lowest BCUT2D eigenvalue weighted by Gasteiger charge is -2.13. The number of rotatable bonds is 3. The van der Waals surface area contributed by atoms with Crippen LogP contribution in [0.15, 0.2) is 66.7 Å². The number of carbonyl (C=O) groups excluding carboxylic acids is 1. The molecule has 0 saturated carbocycles. The van der Waals surface area contributed by atoms with Crippen molar-refractivity contribution in [3.05, 3.63) is 83.4 Å². The minimum Gasteiger partial charge on any atom is -0.366 e. The van der Waals surface area contributed by atoms with Crippen molar-refractivity contribution in [2.24, 2.45) is 5.73 Å². The number of aryl methyl sites for hydroxylation is 2. The highest BCUT2D eigenvalue weighted by molar-refractivity contribution is 6.06. The smallest absolute Gasteiger partial charge is 0.249 e. The van der Waals surface area contributed by atoms with Crippen LogP contribution < -0.4 is 5.73 Å². The van der Waals surface area contributed by atoms with Crippen LogP contribution in [-0.2, 0) is 0 Å². The van der Waals surface area contributed by atoms with E-state index in [9.17, 15) is 4.79 Å². The van der Waals surface area contributed by atoms with Gasteiger partial charge in [0.1, 0.15) is 0 Å². The third-order valence-electron chi connectivity index (χ3n) is 4.04. The molecule has 2 N–H and O–H groups in total. The zero-order valence-corrected chi connectivity index (χ0v) is 15.3. The highest BCUT2D eigenvalue weighted by Gasteiger charge is 2.16. The molecular weight excluding hydrogens is 306 g/mol. The lowest BCUT2D eigenvalue weighted by Crippen LogP contribution is -2.14. The van der Waals surface area contributed by atoms with E-state index in [0.29, 0.717) is 5.56 Å². The fourth-order valence-electron chi connectivity index (χ4n) is 2.77. The van der Waals surface area contributed by atoms with Crippen molar-refractivity contribution in [2.75, 3.05) is 0 Å². The molecule has 3 rings (SSSR count). The maximum absolute atomic E-state index is 12.1. The van der Waals surface area contributed by atoms with Gasteiger partial charge in [0.2, 0.25) is 5.91 Å². The molecule has 2 nitrogen and oxygen atoms in total. The fourth-order valence-corrected chi connectivity index (χ4v) is 2.77. The third kappa shape index (κ3) is 4.16. The minimum atomic E-state index is -0.406. The number of hydrogen-bond donors (Lipinski definition) is 1. The summed E-state index contributed by atoms with van der Waals surface area (Å²) in [6.07, 6.45) is 0. The predicted molar refractivity (Wildman–Crippen MR) is 107 cm³/mol. The molecule has 0 heterocycles. The van der Waals surface area contributed by atoms with E-state index in [-0.39, 0.29) is 0 Å². The molecule has 3 aromatic rings. The van der Waals surface area contributed by atoms with Gasteiger partial charge in [-0.05, 0) is 36.1 Å². The van der Waals surface area contributed by atoms with E-state index in [1.54, 1.807) is 0 Å². The van der Waals surface area contributed by atoms with Crippen LogP contribution in [0.25, 0.3) is 22.3 Å². The maximum Gasteiger partial charge on any atom is 0.249 e. The molecule has 0 bridgehead atoms. The largest absolute Gasteiger partial charge is 0.366 e. The van der Waals surface area contributed by atoms with Gasteiger partial charge in [0.05, 0.1) is 5.56 Å². The molecule has 0 saturated heterocycles. The van der Waals surface area contributed by atoms with Crippen molar-refractivity contribution in [3.63, 3.8) is 0 Å². The van der Waals surface area contributed by atoms with Crippen LogP contribution in [0.5, 0.6) is 0 Å². The molecule has 128 valence electrons. The Morgan fingerprint density at radius 2 is 1.04 bits per heavy atom. The Hall–Kier alpha value is -2.87. The molecule has 3 aromatic carbocycles. The summed E-state index contributed by atoms with van der Waals surface area (Å²) in [5.74, 6) is -0.406. The number of nitrogens with two attached hydrogens (primary N) is 1. The monoisotopic (exact) mass is 331 g/mol. The minimum absolute atomic E-state index is 0.406. The van der Waals surface area contributed by atoms with E-state index in [0.717, 1.165) is 22.3 Å². The first-order valence-electron chi connectivity index (χ1n) is 8.63. The molecule has 0 aliphatic heterocycles. The van der Waals surface area contributed by atoms with Gasteiger partial charge in [0.25, 0.3) is 0 Å². The molecular formula is C23H25NO. The first kappa shape index (κ1) is 18.5. The lowest BCUT2D eigenvalue weighted by atomic mass is 9.91. The Bertz CT molecular complexity index is 783. The van der Waals surface area contributed by atoms with Crippen LogP contribution in [0.4, 0.5) is 0 Å². The summed E-state index contributed by atoms with van der Waals surface area (Å²) in [5.41, 5.74) is 12.4. The van der Waals surface area contributed by atoms with Gasteiger partial charge in [0, 0.05) is 0 Å². The van der Waals surface area contributed by atoms with Gasteiger partial charge in [-0.2, -0.15) is 0 Å². The Kier molecular flexibility index (Phi) is 6.13. The summed E-state index contributed by atoms with van der Waals surface area (Å²) in [5, 5.41) is 0. The lowest BCUT2D eigenvalue weighted by molar-refractivity contribution is 0.100. The van der Waals surface area contributed by atoms with Crippen LogP contribution in [0, 0.1) is 13.8 Å². The molecule has 0 aromatic heterocycles. The van der Waals surface area contributed by atoms with Crippen LogP contribution in [0.2, 0.25) is 0 Å². The Labute approximate surface area is 150 Å². The summed E-state index contributed by atoms with van der Waals surface area (Å²) in [7, 11) is 0. The highest BCUT2D eigenvalue weighted by Crippen LogP contribution is 2.32. The van der Waals surface area contributed by atoms with Crippen molar-refractivity contribution >= 4 is 5.91 Å². The molecule has 1 amide bonds. The van der Waals surface area contributed by atoms with Gasteiger partial charge in [0.15, 0.2) is 0 Å². The van der Waals surface area contributed by atoms with E-state index < -0.39 is 5.91 Å². The van der Waals surface area contributed by atoms with E-state index in [4.69, 9.17) is 5.73 Å². The van der Waals surface area contributed by atoms with Crippen molar-refractivity contribution < 1.29 is 4.79 Å². The normalized spacial score (nSPS) is 9.92. The second-order valence-corrected chi connectivity index (χ2v) is 5.82. The average Bonchev–Trinajstić information content (AvgIpc) is 2.64. The van der Waals surface area contributed by atoms with Crippen LogP contribution in [0.1, 0.15) is 35.3 Å². The summed E-state index contributed by atoms with van der Waals surface area (Å²) in [6.45, 7) is 8.09. The molecule has 2 heteroatoms. The van der Waals surface area contributed by atoms with Crippen molar-refractivity contribution in [1.29, 1.82) is 0 Å². The van der Waals surface area contributed by atoms with Gasteiger partial charge < -0.3 is 5.73 Å². The van der Waals surface area contributed by atoms with Crippen molar-refractivity contribution in [1.82, 2.24) is 0 Å². The van der Waals surface area contributed by atoms with Gasteiger partial charge in [-0.1, -0.05) is 91.7 Å². The molecule has 0 fully saturated rings.